The van der Waals surface area contributed by atoms with Crippen LogP contribution in [0.2, 0.25) is 0 Å². The van der Waals surface area contributed by atoms with Gasteiger partial charge in [-0.25, -0.2) is 4.39 Å². The smallest absolute Gasteiger partial charge is 0.293 e. The molecule has 0 atom stereocenters. The van der Waals surface area contributed by atoms with Gasteiger partial charge in [0.05, 0.1) is 17.6 Å². The van der Waals surface area contributed by atoms with E-state index in [1.165, 1.54) is 6.07 Å². The van der Waals surface area contributed by atoms with Gasteiger partial charge in [0.25, 0.3) is 6.47 Å². The van der Waals surface area contributed by atoms with Gasteiger partial charge in [-0.15, -0.1) is 0 Å². The molecule has 1 aliphatic rings. The number of ether oxygens (including phenoxy) is 1. The molecule has 0 spiro atoms. The molecule has 1 fully saturated rings. The van der Waals surface area contributed by atoms with Gasteiger partial charge >= 0.3 is 0 Å². The number of aliphatic hydroxyl groups is 1. The fraction of sp³-hybridized carbons (Fsp3) is 0.559. The molecule has 0 unspecified atom stereocenters. The molecule has 1 aromatic carbocycles. The Bertz CT molecular complexity index is 1070. The Hall–Kier alpha value is -3.06. The maximum absolute atomic E-state index is 14.8. The predicted molar refractivity (Wildman–Crippen MR) is 173 cm³/mol. The van der Waals surface area contributed by atoms with E-state index in [1.54, 1.807) is 24.4 Å². The molecule has 0 bridgehead atoms. The standard InChI is InChI=1S/C27H38FN3O.C5H10O2.C2H6/c1-7-16-27(32,17-8-2)21(5)30-26(24-11-9-10-12-25(24)28)20(4)19(3)15-18-29-22(6)31-23-13-14-23;1-5(2,3)7-4-6;1-2/h9-12,15,18,23,32H,3,7-8,13-14,16-17H2,1-2,4-6H3,(H,29,31);4H,1-3H3;1-2H3/b18-15-,26-20+,30-21?;;. The number of nitrogens with one attached hydrogen (secondary N) is 1. The summed E-state index contributed by atoms with van der Waals surface area (Å²) in [4.78, 5) is 18.9. The summed E-state index contributed by atoms with van der Waals surface area (Å²) in [7, 11) is 0. The second kappa shape index (κ2) is 19.1. The van der Waals surface area contributed by atoms with Crippen molar-refractivity contribution in [3.05, 3.63) is 65.6 Å². The number of allylic oxidation sites excluding steroid dienone is 3. The highest BCUT2D eigenvalue weighted by Gasteiger charge is 2.29. The summed E-state index contributed by atoms with van der Waals surface area (Å²) in [6.45, 7) is 23.8. The number of rotatable bonds is 12. The number of amidine groups is 1. The third kappa shape index (κ3) is 14.9. The van der Waals surface area contributed by atoms with Crippen molar-refractivity contribution in [1.29, 1.82) is 0 Å². The molecule has 6 nitrogen and oxygen atoms in total. The molecule has 0 amide bonds. The van der Waals surface area contributed by atoms with Gasteiger partial charge in [0.1, 0.15) is 17.0 Å². The average molecular weight is 572 g/mol. The number of hydrogen-bond acceptors (Lipinski definition) is 5. The van der Waals surface area contributed by atoms with Crippen LogP contribution in [0, 0.1) is 5.82 Å². The lowest BCUT2D eigenvalue weighted by Gasteiger charge is -2.28. The SMILES string of the molecule is C=C(/C=C\NC(C)=NC1CC1)/C(C)=C(/N=C(C)C(O)(CCC)CCC)c1ccccc1F.CC.CC(C)(C)OC=O. The van der Waals surface area contributed by atoms with Crippen molar-refractivity contribution in [3.63, 3.8) is 0 Å². The van der Waals surface area contributed by atoms with Gasteiger partial charge in [-0.3, -0.25) is 14.8 Å². The summed E-state index contributed by atoms with van der Waals surface area (Å²) >= 11 is 0. The topological polar surface area (TPSA) is 83.3 Å². The van der Waals surface area contributed by atoms with Crippen molar-refractivity contribution in [1.82, 2.24) is 5.32 Å². The van der Waals surface area contributed by atoms with Crippen LogP contribution in [0.1, 0.15) is 113 Å². The van der Waals surface area contributed by atoms with Crippen LogP contribution in [-0.4, -0.2) is 40.4 Å². The summed E-state index contributed by atoms with van der Waals surface area (Å²) in [5, 5.41) is 14.4. The molecule has 2 rings (SSSR count). The first-order valence-corrected chi connectivity index (χ1v) is 14.8. The fourth-order valence-corrected chi connectivity index (χ4v) is 3.78. The van der Waals surface area contributed by atoms with Crippen LogP contribution in [0.4, 0.5) is 4.39 Å². The van der Waals surface area contributed by atoms with Crippen molar-refractivity contribution in [2.75, 3.05) is 0 Å². The molecule has 0 heterocycles. The Balaban J connectivity index is 0.00000155. The molecule has 7 heteroatoms. The monoisotopic (exact) mass is 571 g/mol. The van der Waals surface area contributed by atoms with E-state index in [-0.39, 0.29) is 11.4 Å². The molecule has 230 valence electrons. The number of carbonyl (C=O) groups excluding carboxylic acids is 1. The Morgan fingerprint density at radius 3 is 2.12 bits per heavy atom. The predicted octanol–water partition coefficient (Wildman–Crippen LogP) is 8.57. The fourth-order valence-electron chi connectivity index (χ4n) is 3.78. The molecule has 2 N–H and O–H groups in total. The number of carbonyl (C=O) groups is 1. The molecule has 1 saturated carbocycles. The lowest BCUT2D eigenvalue weighted by molar-refractivity contribution is -0.138. The van der Waals surface area contributed by atoms with E-state index in [2.05, 4.69) is 21.6 Å². The van der Waals surface area contributed by atoms with Gasteiger partial charge in [-0.1, -0.05) is 59.2 Å². The van der Waals surface area contributed by atoms with Crippen LogP contribution in [0.5, 0.6) is 0 Å². The Morgan fingerprint density at radius 2 is 1.68 bits per heavy atom. The van der Waals surface area contributed by atoms with E-state index in [1.807, 2.05) is 75.3 Å². The molecule has 0 aliphatic heterocycles. The van der Waals surface area contributed by atoms with Gasteiger partial charge < -0.3 is 15.2 Å². The van der Waals surface area contributed by atoms with Crippen molar-refractivity contribution >= 4 is 23.7 Å². The van der Waals surface area contributed by atoms with Gasteiger partial charge in [0.15, 0.2) is 0 Å². The Labute approximate surface area is 248 Å². The van der Waals surface area contributed by atoms with Crippen LogP contribution in [-0.2, 0) is 9.53 Å². The number of benzene rings is 1. The second-order valence-corrected chi connectivity index (χ2v) is 11.0. The summed E-state index contributed by atoms with van der Waals surface area (Å²) in [6.07, 6.45) is 8.86. The molecule has 1 aliphatic carbocycles. The van der Waals surface area contributed by atoms with Crippen molar-refractivity contribution in [2.24, 2.45) is 9.98 Å². The maximum Gasteiger partial charge on any atom is 0.293 e. The van der Waals surface area contributed by atoms with Crippen LogP contribution in [0.15, 0.2) is 64.3 Å². The Morgan fingerprint density at radius 1 is 1.12 bits per heavy atom. The van der Waals surface area contributed by atoms with Gasteiger partial charge in [-0.2, -0.15) is 0 Å². The summed E-state index contributed by atoms with van der Waals surface area (Å²) in [5.74, 6) is 0.515. The first kappa shape index (κ1) is 37.9. The maximum atomic E-state index is 14.8. The van der Waals surface area contributed by atoms with E-state index in [4.69, 9.17) is 4.99 Å². The first-order valence-electron chi connectivity index (χ1n) is 14.8. The Kier molecular flexibility index (Phi) is 17.7. The van der Waals surface area contributed by atoms with Crippen LogP contribution in [0.3, 0.4) is 0 Å². The van der Waals surface area contributed by atoms with Gasteiger partial charge in [-0.05, 0) is 96.6 Å². The van der Waals surface area contributed by atoms with Crippen LogP contribution in [0.25, 0.3) is 5.70 Å². The highest BCUT2D eigenvalue weighted by molar-refractivity contribution is 5.95. The minimum atomic E-state index is -1.00. The normalized spacial score (nSPS) is 14.7. The summed E-state index contributed by atoms with van der Waals surface area (Å²) in [6, 6.07) is 7.04. The molecular weight excluding hydrogens is 517 g/mol. The highest BCUT2D eigenvalue weighted by atomic mass is 19.1. The molecular formula is C34H54FN3O3. The van der Waals surface area contributed by atoms with Crippen LogP contribution >= 0.6 is 0 Å². The van der Waals surface area contributed by atoms with E-state index >= 15 is 0 Å². The number of nitrogens with zero attached hydrogens (tertiary/aromatic N) is 2. The zero-order valence-corrected chi connectivity index (χ0v) is 27.1. The molecule has 1 aromatic rings. The first-order chi connectivity index (χ1) is 19.3. The van der Waals surface area contributed by atoms with E-state index in [0.29, 0.717) is 47.9 Å². The van der Waals surface area contributed by atoms with Crippen LogP contribution < -0.4 is 5.32 Å². The number of hydrogen-bond donors (Lipinski definition) is 2. The van der Waals surface area contributed by atoms with Gasteiger partial charge in [0.2, 0.25) is 0 Å². The lowest BCUT2D eigenvalue weighted by Crippen LogP contribution is -2.36. The van der Waals surface area contributed by atoms with E-state index in [9.17, 15) is 14.3 Å². The number of halogens is 1. The minimum absolute atomic E-state index is 0.318. The molecule has 0 radical (unpaired) electrons. The second-order valence-electron chi connectivity index (χ2n) is 11.0. The molecule has 41 heavy (non-hydrogen) atoms. The summed E-state index contributed by atoms with van der Waals surface area (Å²) < 4.78 is 19.3. The van der Waals surface area contributed by atoms with Crippen molar-refractivity contribution in [2.45, 2.75) is 125 Å². The molecule has 0 saturated heterocycles. The summed E-state index contributed by atoms with van der Waals surface area (Å²) in [5.41, 5.74) is 1.62. The zero-order chi connectivity index (χ0) is 31.6. The van der Waals surface area contributed by atoms with Crippen molar-refractivity contribution < 1.29 is 19.0 Å². The molecule has 0 aromatic heterocycles. The van der Waals surface area contributed by atoms with Crippen molar-refractivity contribution in [3.8, 4) is 0 Å². The average Bonchev–Trinajstić information content (AvgIpc) is 3.72. The van der Waals surface area contributed by atoms with E-state index in [0.717, 1.165) is 37.1 Å². The third-order valence-electron chi connectivity index (χ3n) is 6.15. The minimum Gasteiger partial charge on any atom is -0.462 e. The quantitative estimate of drug-likeness (QED) is 0.114. The largest absolute Gasteiger partial charge is 0.462 e. The van der Waals surface area contributed by atoms with Gasteiger partial charge in [0, 0.05) is 17.5 Å². The number of aliphatic imine (C=N–C) groups is 2. The third-order valence-corrected chi connectivity index (χ3v) is 6.15. The highest BCUT2D eigenvalue weighted by Crippen LogP contribution is 2.30. The van der Waals surface area contributed by atoms with E-state index < -0.39 is 5.60 Å². The lowest BCUT2D eigenvalue weighted by atomic mass is 9.88. The zero-order valence-electron chi connectivity index (χ0n) is 27.1.